The highest BCUT2D eigenvalue weighted by molar-refractivity contribution is 9.09. The summed E-state index contributed by atoms with van der Waals surface area (Å²) in [7, 11) is 0. The maximum atomic E-state index is 10.9. The van der Waals surface area contributed by atoms with Crippen molar-refractivity contribution < 1.29 is 4.79 Å². The molecular formula is C7H10BrN3O. The molecule has 0 atom stereocenters. The van der Waals surface area contributed by atoms with Gasteiger partial charge in [-0.05, 0) is 6.42 Å². The van der Waals surface area contributed by atoms with Crippen molar-refractivity contribution in [3.63, 3.8) is 0 Å². The Bertz CT molecular complexity index is 271. The summed E-state index contributed by atoms with van der Waals surface area (Å²) >= 11 is 3.06. The summed E-state index contributed by atoms with van der Waals surface area (Å²) in [6, 6.07) is 0. The van der Waals surface area contributed by atoms with Gasteiger partial charge in [-0.1, -0.05) is 22.9 Å². The van der Waals surface area contributed by atoms with E-state index < -0.39 is 0 Å². The molecule has 0 aliphatic carbocycles. The predicted molar refractivity (Wildman–Crippen MR) is 50.4 cm³/mol. The van der Waals surface area contributed by atoms with E-state index >= 15 is 0 Å². The van der Waals surface area contributed by atoms with E-state index in [4.69, 9.17) is 0 Å². The highest BCUT2D eigenvalue weighted by Gasteiger charge is 2.05. The summed E-state index contributed by atoms with van der Waals surface area (Å²) in [6.45, 7) is 2.01. The first-order valence-corrected chi connectivity index (χ1v) is 4.78. The van der Waals surface area contributed by atoms with Crippen LogP contribution in [0.5, 0.6) is 0 Å². The minimum absolute atomic E-state index is 0.0750. The second-order valence-electron chi connectivity index (χ2n) is 2.31. The Balaban J connectivity index is 2.68. The number of aromatic amines is 1. The quantitative estimate of drug-likeness (QED) is 0.772. The van der Waals surface area contributed by atoms with Gasteiger partial charge in [0, 0.05) is 5.56 Å². The molecule has 0 bridgehead atoms. The first kappa shape index (κ1) is 9.25. The number of aryl methyl sites for hydroxylation is 1. The van der Waals surface area contributed by atoms with Gasteiger partial charge in [0.1, 0.15) is 5.82 Å². The summed E-state index contributed by atoms with van der Waals surface area (Å²) in [6.07, 6.45) is 2.57. The van der Waals surface area contributed by atoms with Gasteiger partial charge in [-0.2, -0.15) is 5.10 Å². The zero-order valence-electron chi connectivity index (χ0n) is 6.72. The van der Waals surface area contributed by atoms with E-state index in [2.05, 4.69) is 31.4 Å². The van der Waals surface area contributed by atoms with Crippen LogP contribution in [-0.4, -0.2) is 21.4 Å². The normalized spacial score (nSPS) is 9.83. The third kappa shape index (κ3) is 2.07. The van der Waals surface area contributed by atoms with Crippen molar-refractivity contribution in [3.05, 3.63) is 11.8 Å². The van der Waals surface area contributed by atoms with Crippen molar-refractivity contribution in [3.8, 4) is 0 Å². The van der Waals surface area contributed by atoms with Gasteiger partial charge in [-0.15, -0.1) is 0 Å². The molecule has 1 amide bonds. The van der Waals surface area contributed by atoms with Crippen molar-refractivity contribution in [2.75, 3.05) is 10.6 Å². The summed E-state index contributed by atoms with van der Waals surface area (Å²) in [5, 5.41) is 9.53. The lowest BCUT2D eigenvalue weighted by Gasteiger charge is -2.00. The molecule has 0 saturated heterocycles. The fraction of sp³-hybridized carbons (Fsp3) is 0.429. The molecule has 0 aliphatic rings. The molecule has 0 saturated carbocycles. The number of nitrogens with zero attached hydrogens (tertiary/aromatic N) is 1. The molecule has 1 aromatic heterocycles. The van der Waals surface area contributed by atoms with Crippen LogP contribution in [-0.2, 0) is 11.2 Å². The summed E-state index contributed by atoms with van der Waals surface area (Å²) < 4.78 is 0. The molecule has 12 heavy (non-hydrogen) atoms. The molecule has 66 valence electrons. The maximum Gasteiger partial charge on any atom is 0.236 e. The van der Waals surface area contributed by atoms with Gasteiger partial charge in [0.25, 0.3) is 0 Å². The Hall–Kier alpha value is -0.840. The van der Waals surface area contributed by atoms with Crippen molar-refractivity contribution in [2.45, 2.75) is 13.3 Å². The van der Waals surface area contributed by atoms with Crippen molar-refractivity contribution in [1.82, 2.24) is 10.2 Å². The van der Waals surface area contributed by atoms with Crippen molar-refractivity contribution in [2.24, 2.45) is 0 Å². The predicted octanol–water partition coefficient (Wildman–Crippen LogP) is 1.31. The zero-order valence-corrected chi connectivity index (χ0v) is 8.31. The molecular weight excluding hydrogens is 222 g/mol. The molecule has 0 fully saturated rings. The second-order valence-corrected chi connectivity index (χ2v) is 2.87. The Morgan fingerprint density at radius 3 is 3.17 bits per heavy atom. The molecule has 0 unspecified atom stereocenters. The van der Waals surface area contributed by atoms with Crippen LogP contribution >= 0.6 is 15.9 Å². The molecule has 5 heteroatoms. The standard InChI is InChI=1S/C7H10BrN3O/c1-2-5-4-9-11-7(5)10-6(12)3-8/h4H,2-3H2,1H3,(H2,9,10,11,12). The average Bonchev–Trinajstić information content (AvgIpc) is 2.51. The molecule has 4 nitrogen and oxygen atoms in total. The number of aromatic nitrogens is 2. The fourth-order valence-electron chi connectivity index (χ4n) is 0.860. The van der Waals surface area contributed by atoms with E-state index in [0.29, 0.717) is 11.1 Å². The van der Waals surface area contributed by atoms with Crippen LogP contribution < -0.4 is 5.32 Å². The largest absolute Gasteiger partial charge is 0.310 e. The van der Waals surface area contributed by atoms with Crippen LogP contribution in [0.4, 0.5) is 5.82 Å². The maximum absolute atomic E-state index is 10.9. The number of amides is 1. The van der Waals surface area contributed by atoms with E-state index in [0.717, 1.165) is 12.0 Å². The first-order chi connectivity index (χ1) is 5.77. The van der Waals surface area contributed by atoms with E-state index in [1.54, 1.807) is 6.20 Å². The van der Waals surface area contributed by atoms with E-state index in [1.807, 2.05) is 6.92 Å². The summed E-state index contributed by atoms with van der Waals surface area (Å²) in [4.78, 5) is 10.9. The van der Waals surface area contributed by atoms with Gasteiger partial charge in [0.05, 0.1) is 11.5 Å². The van der Waals surface area contributed by atoms with E-state index in [1.165, 1.54) is 0 Å². The Kier molecular flexibility index (Phi) is 3.28. The topological polar surface area (TPSA) is 57.8 Å². The Morgan fingerprint density at radius 2 is 2.58 bits per heavy atom. The monoisotopic (exact) mass is 231 g/mol. The van der Waals surface area contributed by atoms with Crippen LogP contribution in [0.25, 0.3) is 0 Å². The minimum atomic E-state index is -0.0750. The highest BCUT2D eigenvalue weighted by Crippen LogP contribution is 2.10. The van der Waals surface area contributed by atoms with Crippen LogP contribution in [0.3, 0.4) is 0 Å². The van der Waals surface area contributed by atoms with Gasteiger partial charge in [0.2, 0.25) is 5.91 Å². The number of hydrogen-bond acceptors (Lipinski definition) is 2. The second kappa shape index (κ2) is 4.25. The van der Waals surface area contributed by atoms with E-state index in [9.17, 15) is 4.79 Å². The lowest BCUT2D eigenvalue weighted by Crippen LogP contribution is -2.13. The third-order valence-electron chi connectivity index (χ3n) is 1.48. The minimum Gasteiger partial charge on any atom is -0.310 e. The molecule has 0 aliphatic heterocycles. The molecule has 0 spiro atoms. The van der Waals surface area contributed by atoms with Crippen molar-refractivity contribution >= 4 is 27.7 Å². The highest BCUT2D eigenvalue weighted by atomic mass is 79.9. The van der Waals surface area contributed by atoms with E-state index in [-0.39, 0.29) is 5.91 Å². The molecule has 1 aromatic rings. The van der Waals surface area contributed by atoms with Gasteiger partial charge in [-0.25, -0.2) is 0 Å². The number of carbonyl (C=O) groups is 1. The molecule has 1 rings (SSSR count). The SMILES string of the molecule is CCc1cn[nH]c1NC(=O)CBr. The number of halogens is 1. The number of anilines is 1. The van der Waals surface area contributed by atoms with Crippen LogP contribution in [0.2, 0.25) is 0 Å². The van der Waals surface area contributed by atoms with Gasteiger partial charge < -0.3 is 5.32 Å². The number of rotatable bonds is 3. The number of nitrogens with one attached hydrogen (secondary N) is 2. The molecule has 1 heterocycles. The molecule has 0 aromatic carbocycles. The van der Waals surface area contributed by atoms with Crippen molar-refractivity contribution in [1.29, 1.82) is 0 Å². The summed E-state index contributed by atoms with van der Waals surface area (Å²) in [5.41, 5.74) is 1.02. The number of carbonyl (C=O) groups excluding carboxylic acids is 1. The Morgan fingerprint density at radius 1 is 1.83 bits per heavy atom. The molecule has 0 radical (unpaired) electrons. The van der Waals surface area contributed by atoms with Crippen LogP contribution in [0.15, 0.2) is 6.20 Å². The third-order valence-corrected chi connectivity index (χ3v) is 1.99. The molecule has 2 N–H and O–H groups in total. The Labute approximate surface area is 78.9 Å². The number of H-pyrrole nitrogens is 1. The van der Waals surface area contributed by atoms with Crippen LogP contribution in [0.1, 0.15) is 12.5 Å². The lowest BCUT2D eigenvalue weighted by molar-refractivity contribution is -0.113. The van der Waals surface area contributed by atoms with Gasteiger partial charge in [-0.3, -0.25) is 9.89 Å². The zero-order chi connectivity index (χ0) is 8.97. The lowest BCUT2D eigenvalue weighted by atomic mass is 10.2. The van der Waals surface area contributed by atoms with Crippen LogP contribution in [0, 0.1) is 0 Å². The number of alkyl halides is 1. The summed E-state index contributed by atoms with van der Waals surface area (Å²) in [5.74, 6) is 0.621. The first-order valence-electron chi connectivity index (χ1n) is 3.66. The smallest absolute Gasteiger partial charge is 0.236 e. The van der Waals surface area contributed by atoms with Gasteiger partial charge >= 0.3 is 0 Å². The average molecular weight is 232 g/mol. The fourth-order valence-corrected chi connectivity index (χ4v) is 1.00. The number of hydrogen-bond donors (Lipinski definition) is 2. The van der Waals surface area contributed by atoms with Gasteiger partial charge in [0.15, 0.2) is 0 Å².